The van der Waals surface area contributed by atoms with Gasteiger partial charge in [-0.2, -0.15) is 0 Å². The minimum atomic E-state index is 0.408. The highest BCUT2D eigenvalue weighted by molar-refractivity contribution is 5.46. The zero-order valence-corrected chi connectivity index (χ0v) is 25.3. The summed E-state index contributed by atoms with van der Waals surface area (Å²) in [6.07, 6.45) is 14.6. The van der Waals surface area contributed by atoms with Gasteiger partial charge in [-0.15, -0.1) is 0 Å². The second-order valence-corrected chi connectivity index (χ2v) is 13.2. The first-order valence-corrected chi connectivity index (χ1v) is 16.0. The standard InChI is InChI=1S/C38H50O2/c1-25(33-23-35(37(39)21-27(33)3)31-11-7-5-8-12-31)19-29-15-17-30(18-16-29)20-26(2)34-24-36(38(40)22-28(34)4)32-13-9-6-10-14-32/h15-18,21-26,31-32,39-40H,5-14,19-20H2,1-4H3. The van der Waals surface area contributed by atoms with Crippen molar-refractivity contribution in [1.82, 2.24) is 0 Å². The Morgan fingerprint density at radius 3 is 1.27 bits per heavy atom. The van der Waals surface area contributed by atoms with E-state index in [9.17, 15) is 10.2 Å². The van der Waals surface area contributed by atoms with Crippen LogP contribution in [0.1, 0.15) is 146 Å². The van der Waals surface area contributed by atoms with Crippen LogP contribution in [0.4, 0.5) is 0 Å². The highest BCUT2D eigenvalue weighted by Crippen LogP contribution is 2.41. The molecule has 0 heterocycles. The van der Waals surface area contributed by atoms with Gasteiger partial charge in [-0.05, 0) is 133 Å². The Kier molecular flexibility index (Phi) is 9.24. The number of rotatable bonds is 8. The van der Waals surface area contributed by atoms with Gasteiger partial charge in [0.2, 0.25) is 0 Å². The van der Waals surface area contributed by atoms with Crippen LogP contribution in [0, 0.1) is 13.8 Å². The number of aryl methyl sites for hydroxylation is 2. The van der Waals surface area contributed by atoms with E-state index in [0.717, 1.165) is 12.8 Å². The van der Waals surface area contributed by atoms with Crippen molar-refractivity contribution in [3.05, 3.63) is 93.0 Å². The van der Waals surface area contributed by atoms with E-state index in [1.165, 1.54) is 109 Å². The van der Waals surface area contributed by atoms with Crippen LogP contribution in [0.5, 0.6) is 11.5 Å². The van der Waals surface area contributed by atoms with Gasteiger partial charge < -0.3 is 10.2 Å². The largest absolute Gasteiger partial charge is 0.508 e. The first kappa shape index (κ1) is 28.8. The van der Waals surface area contributed by atoms with Gasteiger partial charge in [0.25, 0.3) is 0 Å². The van der Waals surface area contributed by atoms with Gasteiger partial charge in [-0.3, -0.25) is 0 Å². The summed E-state index contributed by atoms with van der Waals surface area (Å²) in [6.45, 7) is 8.95. The molecule has 0 amide bonds. The Balaban J connectivity index is 1.26. The average molecular weight is 539 g/mol. The molecule has 2 saturated carbocycles. The van der Waals surface area contributed by atoms with Crippen molar-refractivity contribution in [2.24, 2.45) is 0 Å². The summed E-state index contributed by atoms with van der Waals surface area (Å²) < 4.78 is 0. The molecule has 2 fully saturated rings. The summed E-state index contributed by atoms with van der Waals surface area (Å²) in [5, 5.41) is 21.4. The zero-order valence-electron chi connectivity index (χ0n) is 25.3. The van der Waals surface area contributed by atoms with E-state index in [1.807, 2.05) is 12.1 Å². The van der Waals surface area contributed by atoms with Crippen molar-refractivity contribution in [3.63, 3.8) is 0 Å². The fourth-order valence-corrected chi connectivity index (χ4v) is 7.74. The van der Waals surface area contributed by atoms with E-state index in [-0.39, 0.29) is 0 Å². The molecule has 0 spiro atoms. The third-order valence-corrected chi connectivity index (χ3v) is 10.1. The van der Waals surface area contributed by atoms with E-state index in [2.05, 4.69) is 64.1 Å². The van der Waals surface area contributed by atoms with Crippen molar-refractivity contribution < 1.29 is 10.2 Å². The lowest BCUT2D eigenvalue weighted by Gasteiger charge is -2.25. The SMILES string of the molecule is Cc1cc(O)c(C2CCCCC2)cc1C(C)Cc1ccc(CC(C)c2cc(C3CCCCC3)c(O)cc2C)cc1. The third-order valence-electron chi connectivity index (χ3n) is 10.1. The van der Waals surface area contributed by atoms with E-state index >= 15 is 0 Å². The van der Waals surface area contributed by atoms with Crippen molar-refractivity contribution in [2.45, 2.75) is 128 Å². The zero-order chi connectivity index (χ0) is 28.2. The molecular weight excluding hydrogens is 488 g/mol. The quantitative estimate of drug-likeness (QED) is 0.299. The number of benzene rings is 3. The summed E-state index contributed by atoms with van der Waals surface area (Å²) >= 11 is 0. The molecule has 3 aromatic carbocycles. The molecule has 2 aliphatic carbocycles. The van der Waals surface area contributed by atoms with Gasteiger partial charge in [0.1, 0.15) is 11.5 Å². The maximum Gasteiger partial charge on any atom is 0.119 e. The Labute approximate surface area is 242 Å². The highest BCUT2D eigenvalue weighted by Gasteiger charge is 2.23. The topological polar surface area (TPSA) is 40.5 Å². The molecule has 2 atom stereocenters. The van der Waals surface area contributed by atoms with Crippen molar-refractivity contribution in [1.29, 1.82) is 0 Å². The summed E-state index contributed by atoms with van der Waals surface area (Å²) in [5.74, 6) is 2.83. The molecule has 2 unspecified atom stereocenters. The minimum Gasteiger partial charge on any atom is -0.508 e. The maximum absolute atomic E-state index is 10.7. The van der Waals surface area contributed by atoms with E-state index in [0.29, 0.717) is 35.2 Å². The molecule has 0 aliphatic heterocycles. The van der Waals surface area contributed by atoms with Crippen molar-refractivity contribution in [3.8, 4) is 11.5 Å². The van der Waals surface area contributed by atoms with Gasteiger partial charge in [-0.1, -0.05) is 88.8 Å². The molecule has 3 aromatic rings. The summed E-state index contributed by atoms with van der Waals surface area (Å²) in [6, 6.07) is 17.9. The van der Waals surface area contributed by atoms with Crippen molar-refractivity contribution in [2.75, 3.05) is 0 Å². The number of hydrogen-bond acceptors (Lipinski definition) is 2. The van der Waals surface area contributed by atoms with Crippen molar-refractivity contribution >= 4 is 0 Å². The molecule has 214 valence electrons. The first-order valence-electron chi connectivity index (χ1n) is 16.0. The number of aromatic hydroxyl groups is 2. The molecular formula is C38H50O2. The maximum atomic E-state index is 10.7. The van der Waals surface area contributed by atoms with Gasteiger partial charge >= 0.3 is 0 Å². The van der Waals surface area contributed by atoms with Gasteiger partial charge in [0, 0.05) is 0 Å². The average Bonchev–Trinajstić information content (AvgIpc) is 2.95. The second kappa shape index (κ2) is 12.8. The van der Waals surface area contributed by atoms with Crippen LogP contribution in [-0.4, -0.2) is 10.2 Å². The normalized spacial score (nSPS) is 18.5. The van der Waals surface area contributed by atoms with Gasteiger partial charge in [0.05, 0.1) is 0 Å². The molecule has 0 radical (unpaired) electrons. The fraction of sp³-hybridized carbons (Fsp3) is 0.526. The Morgan fingerprint density at radius 2 is 0.925 bits per heavy atom. The summed E-state index contributed by atoms with van der Waals surface area (Å²) in [5.41, 5.74) is 10.3. The predicted octanol–water partition coefficient (Wildman–Crippen LogP) is 10.5. The first-order chi connectivity index (χ1) is 19.3. The monoisotopic (exact) mass is 538 g/mol. The minimum absolute atomic E-state index is 0.408. The van der Waals surface area contributed by atoms with Crippen LogP contribution >= 0.6 is 0 Å². The fourth-order valence-electron chi connectivity index (χ4n) is 7.74. The lowest BCUT2D eigenvalue weighted by atomic mass is 9.80. The predicted molar refractivity (Wildman–Crippen MR) is 168 cm³/mol. The number of phenols is 2. The Hall–Kier alpha value is -2.74. The van der Waals surface area contributed by atoms with Gasteiger partial charge in [0.15, 0.2) is 0 Å². The molecule has 2 heteroatoms. The Bertz CT molecular complexity index is 1180. The highest BCUT2D eigenvalue weighted by atomic mass is 16.3. The van der Waals surface area contributed by atoms with Crippen LogP contribution in [0.15, 0.2) is 48.5 Å². The van der Waals surface area contributed by atoms with Crippen LogP contribution in [0.3, 0.4) is 0 Å². The smallest absolute Gasteiger partial charge is 0.119 e. The van der Waals surface area contributed by atoms with E-state index in [4.69, 9.17) is 0 Å². The Morgan fingerprint density at radius 1 is 0.575 bits per heavy atom. The molecule has 0 aromatic heterocycles. The lowest BCUT2D eigenvalue weighted by molar-refractivity contribution is 0.413. The van der Waals surface area contributed by atoms with Gasteiger partial charge in [-0.25, -0.2) is 0 Å². The number of hydrogen-bond donors (Lipinski definition) is 2. The second-order valence-electron chi connectivity index (χ2n) is 13.2. The number of phenolic OH excluding ortho intramolecular Hbond substituents is 2. The van der Waals surface area contributed by atoms with E-state index < -0.39 is 0 Å². The van der Waals surface area contributed by atoms with Crippen LogP contribution in [0.25, 0.3) is 0 Å². The molecule has 2 nitrogen and oxygen atoms in total. The molecule has 40 heavy (non-hydrogen) atoms. The summed E-state index contributed by atoms with van der Waals surface area (Å²) in [7, 11) is 0. The third kappa shape index (κ3) is 6.59. The van der Waals surface area contributed by atoms with Crippen LogP contribution < -0.4 is 0 Å². The molecule has 0 saturated heterocycles. The molecule has 0 bridgehead atoms. The van der Waals surface area contributed by atoms with Crippen LogP contribution in [-0.2, 0) is 12.8 Å². The molecule has 5 rings (SSSR count). The van der Waals surface area contributed by atoms with E-state index in [1.54, 1.807) is 0 Å². The summed E-state index contributed by atoms with van der Waals surface area (Å²) in [4.78, 5) is 0. The molecule has 2 aliphatic rings. The molecule has 2 N–H and O–H groups in total. The van der Waals surface area contributed by atoms with Crippen LogP contribution in [0.2, 0.25) is 0 Å². The lowest BCUT2D eigenvalue weighted by Crippen LogP contribution is -2.08.